The van der Waals surface area contributed by atoms with Crippen molar-refractivity contribution in [3.63, 3.8) is 0 Å². The number of sulfone groups is 1. The number of benzene rings is 2. The second-order valence-electron chi connectivity index (χ2n) is 5.68. The number of ether oxygens (including phenoxy) is 1. The van der Waals surface area contributed by atoms with Crippen LogP contribution in [-0.2, 0) is 9.84 Å². The van der Waals surface area contributed by atoms with E-state index in [1.165, 1.54) is 18.5 Å². The van der Waals surface area contributed by atoms with Gasteiger partial charge < -0.3 is 4.74 Å². The molecule has 0 N–H and O–H groups in total. The molecule has 2 heterocycles. The first-order valence-electron chi connectivity index (χ1n) is 7.73. The summed E-state index contributed by atoms with van der Waals surface area (Å²) in [5.74, 6) is 0.873. The lowest BCUT2D eigenvalue weighted by Crippen LogP contribution is -1.98. The highest BCUT2D eigenvalue weighted by Gasteiger charge is 2.12. The van der Waals surface area contributed by atoms with Gasteiger partial charge in [-0.05, 0) is 48.5 Å². The Morgan fingerprint density at radius 1 is 1.04 bits per heavy atom. The predicted octanol–water partition coefficient (Wildman–Crippen LogP) is 3.01. The summed E-state index contributed by atoms with van der Waals surface area (Å²) >= 11 is 0. The minimum Gasteiger partial charge on any atom is -0.438 e. The van der Waals surface area contributed by atoms with E-state index in [9.17, 15) is 8.42 Å². The van der Waals surface area contributed by atoms with Crippen molar-refractivity contribution in [1.82, 2.24) is 19.7 Å². The molecule has 0 bridgehead atoms. The van der Waals surface area contributed by atoms with Crippen molar-refractivity contribution < 1.29 is 13.2 Å². The summed E-state index contributed by atoms with van der Waals surface area (Å²) in [5, 5.41) is 4.71. The van der Waals surface area contributed by atoms with Crippen LogP contribution in [0.3, 0.4) is 0 Å². The van der Waals surface area contributed by atoms with Gasteiger partial charge >= 0.3 is 0 Å². The zero-order chi connectivity index (χ0) is 18.1. The summed E-state index contributed by atoms with van der Waals surface area (Å²) < 4.78 is 31.2. The summed E-state index contributed by atoms with van der Waals surface area (Å²) in [6.07, 6.45) is 6.10. The van der Waals surface area contributed by atoms with E-state index in [0.29, 0.717) is 22.5 Å². The van der Waals surface area contributed by atoms with Gasteiger partial charge in [0.15, 0.2) is 9.84 Å². The van der Waals surface area contributed by atoms with Gasteiger partial charge in [-0.1, -0.05) is 0 Å². The standard InChI is InChI=1S/C18H14N4O3S/c1-26(23,24)15-7-8-17-16(11-15)18(20-12-19-17)25-14-5-3-13(4-6-14)22-10-2-9-21-22/h2-12H,1H3. The van der Waals surface area contributed by atoms with E-state index in [2.05, 4.69) is 15.1 Å². The molecule has 0 aliphatic carbocycles. The SMILES string of the molecule is CS(=O)(=O)c1ccc2ncnc(Oc3ccc(-n4cccn4)cc3)c2c1. The maximum absolute atomic E-state index is 11.8. The molecule has 26 heavy (non-hydrogen) atoms. The van der Waals surface area contributed by atoms with Crippen molar-refractivity contribution in [2.45, 2.75) is 4.90 Å². The maximum atomic E-state index is 11.8. The molecule has 0 radical (unpaired) electrons. The summed E-state index contributed by atoms with van der Waals surface area (Å²) in [7, 11) is -3.34. The lowest BCUT2D eigenvalue weighted by molar-refractivity contribution is 0.468. The molecule has 0 fully saturated rings. The van der Waals surface area contributed by atoms with Gasteiger partial charge in [-0.3, -0.25) is 0 Å². The van der Waals surface area contributed by atoms with Gasteiger partial charge in [0, 0.05) is 18.6 Å². The lowest BCUT2D eigenvalue weighted by Gasteiger charge is -2.09. The van der Waals surface area contributed by atoms with Gasteiger partial charge in [-0.2, -0.15) is 5.10 Å². The second kappa shape index (κ2) is 6.23. The van der Waals surface area contributed by atoms with Gasteiger partial charge in [-0.15, -0.1) is 0 Å². The zero-order valence-electron chi connectivity index (χ0n) is 13.8. The topological polar surface area (TPSA) is 87.0 Å². The number of aromatic nitrogens is 4. The van der Waals surface area contributed by atoms with Gasteiger partial charge in [-0.25, -0.2) is 23.1 Å². The molecule has 2 aromatic heterocycles. The Kier molecular flexibility index (Phi) is 3.89. The van der Waals surface area contributed by atoms with Crippen LogP contribution in [0.25, 0.3) is 16.6 Å². The van der Waals surface area contributed by atoms with Crippen LogP contribution in [0.2, 0.25) is 0 Å². The number of fused-ring (bicyclic) bond motifs is 1. The molecule has 0 aliphatic rings. The fourth-order valence-electron chi connectivity index (χ4n) is 2.52. The van der Waals surface area contributed by atoms with Crippen LogP contribution in [-0.4, -0.2) is 34.4 Å². The van der Waals surface area contributed by atoms with Crippen LogP contribution in [0, 0.1) is 0 Å². The zero-order valence-corrected chi connectivity index (χ0v) is 14.6. The average molecular weight is 366 g/mol. The summed E-state index contributed by atoms with van der Waals surface area (Å²) in [6.45, 7) is 0. The molecule has 4 aromatic rings. The molecular formula is C18H14N4O3S. The molecule has 8 heteroatoms. The van der Waals surface area contributed by atoms with Crippen molar-refractivity contribution in [3.05, 3.63) is 67.3 Å². The molecule has 0 unspecified atom stereocenters. The van der Waals surface area contributed by atoms with E-state index < -0.39 is 9.84 Å². The quantitative estimate of drug-likeness (QED) is 0.552. The number of nitrogens with zero attached hydrogens (tertiary/aromatic N) is 4. The fraction of sp³-hybridized carbons (Fsp3) is 0.0556. The van der Waals surface area contributed by atoms with Gasteiger partial charge in [0.05, 0.1) is 21.5 Å². The third-order valence-electron chi connectivity index (χ3n) is 3.82. The van der Waals surface area contributed by atoms with Crippen LogP contribution in [0.15, 0.2) is 72.1 Å². The monoisotopic (exact) mass is 366 g/mol. The molecular weight excluding hydrogens is 352 g/mol. The van der Waals surface area contributed by atoms with Gasteiger partial charge in [0.2, 0.25) is 5.88 Å². The first-order valence-corrected chi connectivity index (χ1v) is 9.63. The summed E-state index contributed by atoms with van der Waals surface area (Å²) in [6, 6.07) is 13.9. The first-order chi connectivity index (χ1) is 12.5. The molecule has 0 saturated carbocycles. The molecule has 0 saturated heterocycles. The van der Waals surface area contributed by atoms with E-state index in [4.69, 9.17) is 4.74 Å². The van der Waals surface area contributed by atoms with Crippen molar-refractivity contribution in [1.29, 1.82) is 0 Å². The summed E-state index contributed by atoms with van der Waals surface area (Å²) in [5.41, 5.74) is 1.50. The highest BCUT2D eigenvalue weighted by Crippen LogP contribution is 2.28. The lowest BCUT2D eigenvalue weighted by atomic mass is 10.2. The summed E-state index contributed by atoms with van der Waals surface area (Å²) in [4.78, 5) is 8.50. The Morgan fingerprint density at radius 3 is 2.54 bits per heavy atom. The van der Waals surface area contributed by atoms with Crippen LogP contribution in [0.1, 0.15) is 0 Å². The minimum absolute atomic E-state index is 0.193. The van der Waals surface area contributed by atoms with Crippen LogP contribution < -0.4 is 4.74 Å². The van der Waals surface area contributed by atoms with Crippen LogP contribution in [0.5, 0.6) is 11.6 Å². The Balaban J connectivity index is 1.70. The molecule has 4 rings (SSSR count). The largest absolute Gasteiger partial charge is 0.438 e. The Bertz CT molecular complexity index is 1170. The Morgan fingerprint density at radius 2 is 1.85 bits per heavy atom. The van der Waals surface area contributed by atoms with Crippen molar-refractivity contribution in [2.24, 2.45) is 0 Å². The van der Waals surface area contributed by atoms with Gasteiger partial charge in [0.25, 0.3) is 0 Å². The maximum Gasteiger partial charge on any atom is 0.230 e. The normalized spacial score (nSPS) is 11.6. The molecule has 130 valence electrons. The molecule has 0 amide bonds. The first kappa shape index (κ1) is 16.2. The highest BCUT2D eigenvalue weighted by molar-refractivity contribution is 7.90. The molecule has 2 aromatic carbocycles. The third-order valence-corrected chi connectivity index (χ3v) is 4.93. The van der Waals surface area contributed by atoms with E-state index in [1.54, 1.807) is 29.1 Å². The number of hydrogen-bond acceptors (Lipinski definition) is 6. The van der Waals surface area contributed by atoms with Crippen molar-refractivity contribution in [2.75, 3.05) is 6.26 Å². The van der Waals surface area contributed by atoms with E-state index in [-0.39, 0.29) is 4.90 Å². The van der Waals surface area contributed by atoms with Crippen molar-refractivity contribution in [3.8, 4) is 17.3 Å². The van der Waals surface area contributed by atoms with Crippen LogP contribution in [0.4, 0.5) is 0 Å². The number of hydrogen-bond donors (Lipinski definition) is 0. The number of rotatable bonds is 4. The van der Waals surface area contributed by atoms with Gasteiger partial charge in [0.1, 0.15) is 12.1 Å². The molecule has 7 nitrogen and oxygen atoms in total. The minimum atomic E-state index is -3.34. The second-order valence-corrected chi connectivity index (χ2v) is 7.69. The van der Waals surface area contributed by atoms with E-state index in [0.717, 1.165) is 11.9 Å². The fourth-order valence-corrected chi connectivity index (χ4v) is 3.17. The highest BCUT2D eigenvalue weighted by atomic mass is 32.2. The Hall–Kier alpha value is -3.26. The predicted molar refractivity (Wildman–Crippen MR) is 96.3 cm³/mol. The smallest absolute Gasteiger partial charge is 0.230 e. The van der Waals surface area contributed by atoms with Crippen molar-refractivity contribution >= 4 is 20.7 Å². The molecule has 0 spiro atoms. The Labute approximate surface area is 149 Å². The van der Waals surface area contributed by atoms with E-state index in [1.807, 2.05) is 24.4 Å². The van der Waals surface area contributed by atoms with Crippen LogP contribution >= 0.6 is 0 Å². The third kappa shape index (κ3) is 3.14. The van der Waals surface area contributed by atoms with E-state index >= 15 is 0 Å². The molecule has 0 aliphatic heterocycles. The molecule has 0 atom stereocenters. The average Bonchev–Trinajstić information content (AvgIpc) is 3.16.